The average molecular weight is 384 g/mol. The van der Waals surface area contributed by atoms with Crippen LogP contribution in [0.1, 0.15) is 37.2 Å². The molecule has 0 radical (unpaired) electrons. The van der Waals surface area contributed by atoms with Crippen molar-refractivity contribution in [1.29, 1.82) is 0 Å². The number of benzene rings is 1. The summed E-state index contributed by atoms with van der Waals surface area (Å²) in [5.74, 6) is 1.89. The Morgan fingerprint density at radius 2 is 1.86 bits per heavy atom. The smallest absolute Gasteiger partial charge is 0.289 e. The van der Waals surface area contributed by atoms with Gasteiger partial charge in [-0.2, -0.15) is 0 Å². The first-order chi connectivity index (χ1) is 13.7. The van der Waals surface area contributed by atoms with Crippen molar-refractivity contribution in [1.82, 2.24) is 9.80 Å². The maximum atomic E-state index is 12.7. The number of nitrogens with zero attached hydrogens (tertiary/aromatic N) is 2. The highest BCUT2D eigenvalue weighted by Crippen LogP contribution is 2.40. The molecule has 2 aliphatic heterocycles. The summed E-state index contributed by atoms with van der Waals surface area (Å²) in [6.07, 6.45) is 6.33. The van der Waals surface area contributed by atoms with E-state index in [2.05, 4.69) is 17.0 Å². The number of aliphatic hydroxyl groups excluding tert-OH is 1. The molecule has 0 bridgehead atoms. The van der Waals surface area contributed by atoms with Gasteiger partial charge in [0.2, 0.25) is 0 Å². The lowest BCUT2D eigenvalue weighted by molar-refractivity contribution is -0.135. The van der Waals surface area contributed by atoms with Crippen LogP contribution in [0.3, 0.4) is 0 Å². The largest absolute Gasteiger partial charge is 0.452 e. The number of hydrogen-bond acceptors (Lipinski definition) is 5. The number of carbonyl (C=O) groups is 1. The van der Waals surface area contributed by atoms with Gasteiger partial charge < -0.3 is 19.5 Å². The SMILES string of the molecule is O=C1C(Oc2ccc(C3CC3)cc2)=CCN1C1CC(OCCN2CC(O)C2)C1. The van der Waals surface area contributed by atoms with Crippen LogP contribution in [0.2, 0.25) is 0 Å². The Hall–Kier alpha value is -1.89. The topological polar surface area (TPSA) is 62.2 Å². The highest BCUT2D eigenvalue weighted by molar-refractivity contribution is 5.94. The van der Waals surface area contributed by atoms with Crippen LogP contribution in [-0.4, -0.2) is 71.8 Å². The summed E-state index contributed by atoms with van der Waals surface area (Å²) in [6.45, 7) is 3.71. The lowest BCUT2D eigenvalue weighted by atomic mass is 9.88. The van der Waals surface area contributed by atoms with Crippen LogP contribution in [0.15, 0.2) is 36.1 Å². The minimum absolute atomic E-state index is 0.00992. The van der Waals surface area contributed by atoms with Crippen molar-refractivity contribution >= 4 is 5.91 Å². The molecular formula is C22H28N2O4. The van der Waals surface area contributed by atoms with Crippen LogP contribution in [-0.2, 0) is 9.53 Å². The third kappa shape index (κ3) is 3.81. The molecule has 6 nitrogen and oxygen atoms in total. The van der Waals surface area contributed by atoms with Crippen molar-refractivity contribution in [2.24, 2.45) is 0 Å². The number of rotatable bonds is 8. The molecule has 150 valence electrons. The van der Waals surface area contributed by atoms with Gasteiger partial charge in [-0.05, 0) is 55.4 Å². The van der Waals surface area contributed by atoms with E-state index in [9.17, 15) is 9.90 Å². The van der Waals surface area contributed by atoms with E-state index < -0.39 is 0 Å². The van der Waals surface area contributed by atoms with Gasteiger partial charge in [-0.15, -0.1) is 0 Å². The third-order valence-electron chi connectivity index (χ3n) is 6.31. The Labute approximate surface area is 165 Å². The molecule has 2 saturated carbocycles. The predicted molar refractivity (Wildman–Crippen MR) is 104 cm³/mol. The fourth-order valence-corrected chi connectivity index (χ4v) is 4.25. The standard InChI is InChI=1S/C22H28N2O4/c25-18-13-23(14-18)9-10-27-20-11-17(12-20)24-8-7-21(22(24)26)28-19-5-3-16(4-6-19)15-1-2-15/h3-7,15,17-18,20,25H,1-2,8-14H2. The molecule has 3 fully saturated rings. The summed E-state index contributed by atoms with van der Waals surface area (Å²) in [4.78, 5) is 16.8. The molecule has 1 aromatic carbocycles. The molecule has 2 aliphatic carbocycles. The number of likely N-dealkylation sites (tertiary alicyclic amines) is 1. The van der Waals surface area contributed by atoms with Gasteiger partial charge in [0, 0.05) is 32.2 Å². The van der Waals surface area contributed by atoms with Crippen molar-refractivity contribution in [3.63, 3.8) is 0 Å². The molecular weight excluding hydrogens is 356 g/mol. The molecule has 0 spiro atoms. The van der Waals surface area contributed by atoms with Crippen molar-refractivity contribution < 1.29 is 19.4 Å². The lowest BCUT2D eigenvalue weighted by Gasteiger charge is -2.41. The van der Waals surface area contributed by atoms with E-state index in [0.29, 0.717) is 18.9 Å². The van der Waals surface area contributed by atoms with E-state index in [1.165, 1.54) is 18.4 Å². The van der Waals surface area contributed by atoms with E-state index in [4.69, 9.17) is 9.47 Å². The van der Waals surface area contributed by atoms with Gasteiger partial charge in [-0.3, -0.25) is 9.69 Å². The van der Waals surface area contributed by atoms with E-state index in [1.807, 2.05) is 23.1 Å². The summed E-state index contributed by atoms with van der Waals surface area (Å²) in [7, 11) is 0. The number of carbonyl (C=O) groups excluding carboxylic acids is 1. The number of aliphatic hydroxyl groups is 1. The minimum Gasteiger partial charge on any atom is -0.452 e. The molecule has 4 aliphatic rings. The van der Waals surface area contributed by atoms with E-state index >= 15 is 0 Å². The number of hydrogen-bond donors (Lipinski definition) is 1. The lowest BCUT2D eigenvalue weighted by Crippen LogP contribution is -2.53. The van der Waals surface area contributed by atoms with Gasteiger partial charge in [0.25, 0.3) is 5.91 Å². The van der Waals surface area contributed by atoms with Crippen molar-refractivity contribution in [2.75, 3.05) is 32.8 Å². The Bertz CT molecular complexity index is 746. The molecule has 0 unspecified atom stereocenters. The number of amides is 1. The molecule has 5 rings (SSSR count). The van der Waals surface area contributed by atoms with Crippen LogP contribution in [0.4, 0.5) is 0 Å². The summed E-state index contributed by atoms with van der Waals surface area (Å²) in [5.41, 5.74) is 1.37. The van der Waals surface area contributed by atoms with Crippen molar-refractivity contribution in [2.45, 2.75) is 49.9 Å². The minimum atomic E-state index is -0.158. The second-order valence-corrected chi connectivity index (χ2v) is 8.50. The van der Waals surface area contributed by atoms with Gasteiger partial charge in [0.05, 0.1) is 18.8 Å². The van der Waals surface area contributed by atoms with Gasteiger partial charge >= 0.3 is 0 Å². The molecule has 0 atom stereocenters. The fraction of sp³-hybridized carbons (Fsp3) is 0.591. The molecule has 2 heterocycles. The Morgan fingerprint density at radius 3 is 2.54 bits per heavy atom. The summed E-state index contributed by atoms with van der Waals surface area (Å²) in [5, 5.41) is 9.28. The number of β-amino-alcohol motifs (C(OH)–C–C–N with tert-alkyl or cyclic N) is 1. The molecule has 0 aromatic heterocycles. The maximum Gasteiger partial charge on any atom is 0.289 e. The molecule has 1 saturated heterocycles. The first-order valence-electron chi connectivity index (χ1n) is 10.5. The number of ether oxygens (including phenoxy) is 2. The predicted octanol–water partition coefficient (Wildman–Crippen LogP) is 1.89. The summed E-state index contributed by atoms with van der Waals surface area (Å²) in [6, 6.07) is 8.40. The first-order valence-corrected chi connectivity index (χ1v) is 10.5. The van der Waals surface area contributed by atoms with Gasteiger partial charge in [-0.25, -0.2) is 0 Å². The Balaban J connectivity index is 1.04. The summed E-state index contributed by atoms with van der Waals surface area (Å²) >= 11 is 0. The van der Waals surface area contributed by atoms with E-state index in [-0.39, 0.29) is 24.2 Å². The molecule has 28 heavy (non-hydrogen) atoms. The quantitative estimate of drug-likeness (QED) is 0.742. The van der Waals surface area contributed by atoms with Crippen LogP contribution < -0.4 is 4.74 Å². The van der Waals surface area contributed by atoms with E-state index in [0.717, 1.165) is 44.1 Å². The van der Waals surface area contributed by atoms with Crippen molar-refractivity contribution in [3.8, 4) is 5.75 Å². The zero-order valence-electron chi connectivity index (χ0n) is 16.1. The maximum absolute atomic E-state index is 12.7. The zero-order valence-corrected chi connectivity index (χ0v) is 16.1. The average Bonchev–Trinajstić information content (AvgIpc) is 3.42. The second kappa shape index (κ2) is 7.50. The van der Waals surface area contributed by atoms with Crippen LogP contribution in [0.25, 0.3) is 0 Å². The molecule has 1 aromatic rings. The normalized spacial score (nSPS) is 28.1. The highest BCUT2D eigenvalue weighted by atomic mass is 16.5. The van der Waals surface area contributed by atoms with Crippen LogP contribution in [0, 0.1) is 0 Å². The second-order valence-electron chi connectivity index (χ2n) is 8.50. The highest BCUT2D eigenvalue weighted by Gasteiger charge is 2.40. The molecule has 1 N–H and O–H groups in total. The fourth-order valence-electron chi connectivity index (χ4n) is 4.25. The van der Waals surface area contributed by atoms with Gasteiger partial charge in [0.15, 0.2) is 5.76 Å². The first kappa shape index (κ1) is 18.2. The van der Waals surface area contributed by atoms with Crippen molar-refractivity contribution in [3.05, 3.63) is 41.7 Å². The Morgan fingerprint density at radius 1 is 1.11 bits per heavy atom. The van der Waals surface area contributed by atoms with Crippen LogP contribution >= 0.6 is 0 Å². The zero-order chi connectivity index (χ0) is 19.1. The molecule has 6 heteroatoms. The van der Waals surface area contributed by atoms with E-state index in [1.54, 1.807) is 0 Å². The summed E-state index contributed by atoms with van der Waals surface area (Å²) < 4.78 is 11.7. The van der Waals surface area contributed by atoms with Crippen LogP contribution in [0.5, 0.6) is 5.75 Å². The van der Waals surface area contributed by atoms with Gasteiger partial charge in [0.1, 0.15) is 5.75 Å². The third-order valence-corrected chi connectivity index (χ3v) is 6.31. The Kier molecular flexibility index (Phi) is 4.87. The van der Waals surface area contributed by atoms with Gasteiger partial charge in [-0.1, -0.05) is 12.1 Å². The molecule has 1 amide bonds. The monoisotopic (exact) mass is 384 g/mol.